The summed E-state index contributed by atoms with van der Waals surface area (Å²) in [7, 11) is 1.93. The molecule has 0 aliphatic carbocycles. The van der Waals surface area contributed by atoms with Gasteiger partial charge in [-0.3, -0.25) is 0 Å². The molecular weight excluding hydrogens is 186 g/mol. The fraction of sp³-hybridized carbons (Fsp3) is 0.385. The molecule has 15 heavy (non-hydrogen) atoms. The fourth-order valence-corrected chi connectivity index (χ4v) is 0.960. The normalized spacial score (nSPS) is 11.5. The maximum absolute atomic E-state index is 5.68. The molecule has 2 heteroatoms. The monoisotopic (exact) mass is 205 g/mol. The molecule has 0 spiro atoms. The lowest BCUT2D eigenvalue weighted by molar-refractivity contribution is -0.102. The average molecular weight is 205 g/mol. The molecule has 0 unspecified atom stereocenters. The van der Waals surface area contributed by atoms with Gasteiger partial charge in [-0.2, -0.15) is 0 Å². The van der Waals surface area contributed by atoms with Crippen LogP contribution < -0.4 is 4.84 Å². The Balaban J connectivity index is 2.69. The van der Waals surface area contributed by atoms with Crippen molar-refractivity contribution in [1.29, 1.82) is 0 Å². The summed E-state index contributed by atoms with van der Waals surface area (Å²) < 4.78 is 0. The minimum Gasteiger partial charge on any atom is -0.406 e. The molecule has 0 N–H and O–H groups in total. The summed E-state index contributed by atoms with van der Waals surface area (Å²) in [5.74, 6) is 0.845. The van der Waals surface area contributed by atoms with E-state index >= 15 is 0 Å². The molecule has 0 bridgehead atoms. The van der Waals surface area contributed by atoms with Crippen LogP contribution in [0.4, 0.5) is 0 Å². The van der Waals surface area contributed by atoms with Crippen LogP contribution in [0.15, 0.2) is 30.8 Å². The van der Waals surface area contributed by atoms with Crippen molar-refractivity contribution >= 4 is 6.08 Å². The van der Waals surface area contributed by atoms with Crippen molar-refractivity contribution in [1.82, 2.24) is 5.06 Å². The maximum Gasteiger partial charge on any atom is 0.147 e. The van der Waals surface area contributed by atoms with Crippen LogP contribution >= 0.6 is 0 Å². The van der Waals surface area contributed by atoms with Crippen LogP contribution in [0.25, 0.3) is 6.08 Å². The van der Waals surface area contributed by atoms with Crippen LogP contribution in [0, 0.1) is 0 Å². The van der Waals surface area contributed by atoms with Gasteiger partial charge in [0.15, 0.2) is 0 Å². The van der Waals surface area contributed by atoms with E-state index < -0.39 is 0 Å². The molecule has 0 saturated carbocycles. The molecule has 1 rings (SSSR count). The SMILES string of the molecule is C=Cc1ccc(ON(C)C(C)(C)C)cc1. The highest BCUT2D eigenvalue weighted by Crippen LogP contribution is 2.18. The summed E-state index contributed by atoms with van der Waals surface area (Å²) in [5, 5.41) is 1.84. The maximum atomic E-state index is 5.68. The lowest BCUT2D eigenvalue weighted by atomic mass is 10.1. The highest BCUT2D eigenvalue weighted by Gasteiger charge is 2.18. The Morgan fingerprint density at radius 3 is 2.13 bits per heavy atom. The van der Waals surface area contributed by atoms with E-state index in [0.717, 1.165) is 11.3 Å². The molecule has 1 aromatic rings. The van der Waals surface area contributed by atoms with E-state index in [1.165, 1.54) is 0 Å². The first-order valence-corrected chi connectivity index (χ1v) is 5.08. The van der Waals surface area contributed by atoms with Crippen molar-refractivity contribution in [2.75, 3.05) is 7.05 Å². The van der Waals surface area contributed by atoms with Crippen LogP contribution in [0.1, 0.15) is 26.3 Å². The molecule has 0 fully saturated rings. The first-order valence-electron chi connectivity index (χ1n) is 5.08. The Morgan fingerprint density at radius 2 is 1.73 bits per heavy atom. The molecule has 0 atom stereocenters. The molecule has 1 aromatic carbocycles. The van der Waals surface area contributed by atoms with E-state index in [-0.39, 0.29) is 5.54 Å². The van der Waals surface area contributed by atoms with Gasteiger partial charge in [0.05, 0.1) is 0 Å². The van der Waals surface area contributed by atoms with E-state index in [1.807, 2.05) is 42.5 Å². The van der Waals surface area contributed by atoms with Crippen molar-refractivity contribution < 1.29 is 4.84 Å². The number of hydrogen-bond donors (Lipinski definition) is 0. The van der Waals surface area contributed by atoms with E-state index in [4.69, 9.17) is 4.84 Å². The highest BCUT2D eigenvalue weighted by atomic mass is 16.7. The third-order valence-electron chi connectivity index (χ3n) is 2.30. The molecule has 0 aromatic heterocycles. The molecule has 0 aliphatic heterocycles. The lowest BCUT2D eigenvalue weighted by Gasteiger charge is -2.30. The van der Waals surface area contributed by atoms with Gasteiger partial charge in [-0.25, -0.2) is 0 Å². The van der Waals surface area contributed by atoms with Gasteiger partial charge in [0.25, 0.3) is 0 Å². The van der Waals surface area contributed by atoms with Gasteiger partial charge < -0.3 is 4.84 Å². The van der Waals surface area contributed by atoms with E-state index in [9.17, 15) is 0 Å². The van der Waals surface area contributed by atoms with Crippen molar-refractivity contribution in [2.45, 2.75) is 26.3 Å². The van der Waals surface area contributed by atoms with E-state index in [1.54, 1.807) is 0 Å². The Morgan fingerprint density at radius 1 is 1.20 bits per heavy atom. The second-order valence-electron chi connectivity index (χ2n) is 4.53. The first-order chi connectivity index (χ1) is 6.93. The predicted octanol–water partition coefficient (Wildman–Crippen LogP) is 3.35. The van der Waals surface area contributed by atoms with Crippen molar-refractivity contribution in [3.63, 3.8) is 0 Å². The molecule has 2 nitrogen and oxygen atoms in total. The quantitative estimate of drug-likeness (QED) is 0.702. The van der Waals surface area contributed by atoms with E-state index in [2.05, 4.69) is 27.4 Å². The summed E-state index contributed by atoms with van der Waals surface area (Å²) in [5.41, 5.74) is 1.10. The molecule has 0 amide bonds. The fourth-order valence-electron chi connectivity index (χ4n) is 0.960. The van der Waals surface area contributed by atoms with Gasteiger partial charge in [0.2, 0.25) is 0 Å². The summed E-state index contributed by atoms with van der Waals surface area (Å²) in [6.07, 6.45) is 1.82. The lowest BCUT2D eigenvalue weighted by Crippen LogP contribution is -2.40. The van der Waals surface area contributed by atoms with Gasteiger partial charge in [0.1, 0.15) is 5.75 Å². The number of hydrogen-bond acceptors (Lipinski definition) is 2. The van der Waals surface area contributed by atoms with E-state index in [0.29, 0.717) is 0 Å². The zero-order chi connectivity index (χ0) is 11.5. The summed E-state index contributed by atoms with van der Waals surface area (Å²) >= 11 is 0. The minimum atomic E-state index is -0.00287. The Labute approximate surface area is 92.1 Å². The van der Waals surface area contributed by atoms with Gasteiger partial charge in [0, 0.05) is 12.6 Å². The second-order valence-corrected chi connectivity index (χ2v) is 4.53. The number of hydroxylamine groups is 2. The van der Waals surface area contributed by atoms with Gasteiger partial charge in [-0.1, -0.05) is 24.8 Å². The van der Waals surface area contributed by atoms with Crippen molar-refractivity contribution in [2.24, 2.45) is 0 Å². The number of nitrogens with zero attached hydrogens (tertiary/aromatic N) is 1. The van der Waals surface area contributed by atoms with Crippen LogP contribution in [-0.4, -0.2) is 17.6 Å². The average Bonchev–Trinajstić information content (AvgIpc) is 2.17. The van der Waals surface area contributed by atoms with Gasteiger partial charge >= 0.3 is 0 Å². The molecular formula is C13H19NO. The Hall–Kier alpha value is -1.28. The van der Waals surface area contributed by atoms with Crippen molar-refractivity contribution in [3.8, 4) is 5.75 Å². The minimum absolute atomic E-state index is 0.00287. The number of rotatable bonds is 3. The van der Waals surface area contributed by atoms with Crippen LogP contribution in [0.5, 0.6) is 5.75 Å². The molecule has 82 valence electrons. The van der Waals surface area contributed by atoms with Crippen LogP contribution in [0.3, 0.4) is 0 Å². The largest absolute Gasteiger partial charge is 0.406 e. The third kappa shape index (κ3) is 3.40. The predicted molar refractivity (Wildman–Crippen MR) is 64.7 cm³/mol. The summed E-state index contributed by atoms with van der Waals surface area (Å²) in [6.45, 7) is 10.0. The topological polar surface area (TPSA) is 12.5 Å². The summed E-state index contributed by atoms with van der Waals surface area (Å²) in [6, 6.07) is 7.86. The first kappa shape index (κ1) is 11.8. The Kier molecular flexibility index (Phi) is 3.53. The zero-order valence-electron chi connectivity index (χ0n) is 9.95. The third-order valence-corrected chi connectivity index (χ3v) is 2.30. The standard InChI is InChI=1S/C13H19NO/c1-6-11-7-9-12(10-8-11)15-14(5)13(2,3)4/h6-10H,1H2,2-5H3. The van der Waals surface area contributed by atoms with Crippen LogP contribution in [0.2, 0.25) is 0 Å². The molecule has 0 heterocycles. The number of benzene rings is 1. The summed E-state index contributed by atoms with van der Waals surface area (Å²) in [4.78, 5) is 5.68. The van der Waals surface area contributed by atoms with Gasteiger partial charge in [-0.05, 0) is 38.5 Å². The highest BCUT2D eigenvalue weighted by molar-refractivity contribution is 5.48. The second kappa shape index (κ2) is 4.49. The molecule has 0 radical (unpaired) electrons. The molecule has 0 aliphatic rings. The zero-order valence-corrected chi connectivity index (χ0v) is 9.95. The van der Waals surface area contributed by atoms with Gasteiger partial charge in [-0.15, -0.1) is 5.06 Å². The Bertz CT molecular complexity index is 321. The smallest absolute Gasteiger partial charge is 0.147 e. The van der Waals surface area contributed by atoms with Crippen molar-refractivity contribution in [3.05, 3.63) is 36.4 Å². The van der Waals surface area contributed by atoms with Crippen LogP contribution in [-0.2, 0) is 0 Å². The molecule has 0 saturated heterocycles.